The van der Waals surface area contributed by atoms with Crippen LogP contribution in [0.2, 0.25) is 0 Å². The zero-order valence-electron chi connectivity index (χ0n) is 24.9. The normalized spacial score (nSPS) is 12.4. The zero-order chi connectivity index (χ0) is 31.2. The van der Waals surface area contributed by atoms with Gasteiger partial charge in [-0.05, 0) is 88.8 Å². The molecule has 0 aliphatic carbocycles. The van der Waals surface area contributed by atoms with Crippen LogP contribution in [-0.2, 0) is 30.0 Å². The van der Waals surface area contributed by atoms with Gasteiger partial charge in [0, 0.05) is 8.95 Å². The fourth-order valence-corrected chi connectivity index (χ4v) is 8.02. The summed E-state index contributed by atoms with van der Waals surface area (Å²) < 4.78 is 32.0. The number of phenols is 1. The third kappa shape index (κ3) is 9.82. The maximum absolute atomic E-state index is 14.2. The van der Waals surface area contributed by atoms with Gasteiger partial charge in [0.25, 0.3) is 0 Å². The molecule has 0 heterocycles. The Balaban J connectivity index is 2.34. The average molecular weight is 720 g/mol. The van der Waals surface area contributed by atoms with Crippen LogP contribution in [0.15, 0.2) is 39.3 Å². The van der Waals surface area contributed by atoms with Crippen molar-refractivity contribution >= 4 is 51.2 Å². The smallest absolute Gasteiger partial charge is 0.326 e. The number of carbonyl (C=O) groups is 2. The molecule has 3 N–H and O–H groups in total. The van der Waals surface area contributed by atoms with E-state index in [0.29, 0.717) is 12.2 Å². The summed E-state index contributed by atoms with van der Waals surface area (Å²) in [6.07, 6.45) is 0.205. The summed E-state index contributed by atoms with van der Waals surface area (Å²) in [6, 6.07) is 9.11. The second-order valence-electron chi connectivity index (χ2n) is 11.0. The van der Waals surface area contributed by atoms with Crippen molar-refractivity contribution < 1.29 is 33.5 Å². The van der Waals surface area contributed by atoms with Gasteiger partial charge in [-0.1, -0.05) is 57.8 Å². The van der Waals surface area contributed by atoms with E-state index >= 15 is 0 Å². The number of rotatable bonds is 14. The number of hydrogen-bond donors (Lipinski definition) is 3. The van der Waals surface area contributed by atoms with Gasteiger partial charge in [-0.15, -0.1) is 0 Å². The molecular formula is C29H41Br2N2O7P. The summed E-state index contributed by atoms with van der Waals surface area (Å²) >= 11 is 7.25. The molecule has 0 saturated carbocycles. The van der Waals surface area contributed by atoms with E-state index in [0.717, 1.165) is 25.6 Å². The number of hydrogen-bond acceptors (Lipinski definition) is 7. The summed E-state index contributed by atoms with van der Waals surface area (Å²) in [4.78, 5) is 25.2. The van der Waals surface area contributed by atoms with Gasteiger partial charge in [-0.3, -0.25) is 14.2 Å². The highest BCUT2D eigenvalue weighted by molar-refractivity contribution is 9.11. The van der Waals surface area contributed by atoms with Crippen LogP contribution in [0.5, 0.6) is 11.5 Å². The third-order valence-electron chi connectivity index (χ3n) is 6.11. The Morgan fingerprint density at radius 2 is 1.41 bits per heavy atom. The number of ether oxygens (including phenoxy) is 3. The predicted molar refractivity (Wildman–Crippen MR) is 168 cm³/mol. The maximum atomic E-state index is 14.2. The fourth-order valence-electron chi connectivity index (χ4n) is 4.09. The van der Waals surface area contributed by atoms with Gasteiger partial charge in [0.05, 0.1) is 13.2 Å². The minimum absolute atomic E-state index is 0.157. The van der Waals surface area contributed by atoms with Crippen LogP contribution in [0, 0.1) is 0 Å². The number of carbonyl (C=O) groups excluding carboxylic acids is 2. The largest absolute Gasteiger partial charge is 0.508 e. The van der Waals surface area contributed by atoms with Crippen molar-refractivity contribution in [1.29, 1.82) is 0 Å². The fraction of sp³-hybridized carbons (Fsp3) is 0.517. The molecule has 0 aliphatic rings. The molecule has 0 unspecified atom stereocenters. The Morgan fingerprint density at radius 1 is 0.927 bits per heavy atom. The standard InChI is InChI=1S/C29H41Br2N2O7P/c1-9-38-26(35)28(5,6)32-41(37,33-29(7,8)27(36)39-10-2)17-40-20-15-23(30)22(24(31)16-20)14-19-11-12-25(34)21(13-19)18(3)4/h11-13,15-16,18,34H,9-10,14,17H2,1-8H3,(H2,32,33,37). The lowest BCUT2D eigenvalue weighted by atomic mass is 9.96. The summed E-state index contributed by atoms with van der Waals surface area (Å²) in [5.74, 6) is -0.332. The molecule has 0 fully saturated rings. The van der Waals surface area contributed by atoms with E-state index in [1.807, 2.05) is 26.0 Å². The van der Waals surface area contributed by atoms with Gasteiger partial charge in [-0.25, -0.2) is 10.2 Å². The van der Waals surface area contributed by atoms with Crippen molar-refractivity contribution in [3.8, 4) is 11.5 Å². The van der Waals surface area contributed by atoms with Crippen LogP contribution in [0.3, 0.4) is 0 Å². The van der Waals surface area contributed by atoms with Gasteiger partial charge in [-0.2, -0.15) is 0 Å². The van der Waals surface area contributed by atoms with Crippen LogP contribution in [0.4, 0.5) is 0 Å². The van der Waals surface area contributed by atoms with Crippen LogP contribution >= 0.6 is 39.3 Å². The Morgan fingerprint density at radius 3 is 1.85 bits per heavy atom. The van der Waals surface area contributed by atoms with Gasteiger partial charge in [0.2, 0.25) is 7.44 Å². The first-order chi connectivity index (χ1) is 18.9. The van der Waals surface area contributed by atoms with Gasteiger partial charge < -0.3 is 19.3 Å². The Labute approximate surface area is 259 Å². The molecule has 2 aromatic rings. The van der Waals surface area contributed by atoms with E-state index in [1.165, 1.54) is 0 Å². The van der Waals surface area contributed by atoms with E-state index in [-0.39, 0.29) is 31.2 Å². The Kier molecular flexibility index (Phi) is 12.5. The molecule has 0 aliphatic heterocycles. The van der Waals surface area contributed by atoms with Crippen LogP contribution in [0.25, 0.3) is 0 Å². The van der Waals surface area contributed by atoms with Crippen molar-refractivity contribution in [2.24, 2.45) is 0 Å². The van der Waals surface area contributed by atoms with Crippen molar-refractivity contribution in [3.05, 3.63) is 56.0 Å². The molecule has 9 nitrogen and oxygen atoms in total. The molecule has 0 bridgehead atoms. The first-order valence-corrected chi connectivity index (χ1v) is 16.9. The van der Waals surface area contributed by atoms with E-state index in [2.05, 4.69) is 42.0 Å². The quantitative estimate of drug-likeness (QED) is 0.140. The lowest BCUT2D eigenvalue weighted by molar-refractivity contribution is -0.149. The molecule has 0 saturated heterocycles. The molecule has 41 heavy (non-hydrogen) atoms. The SMILES string of the molecule is CCOC(=O)C(C)(C)NP(=O)(COc1cc(Br)c(Cc2ccc(O)c(C(C)C)c2)c(Br)c1)NC(C)(C)C(=O)OCC. The van der Waals surface area contributed by atoms with E-state index in [4.69, 9.17) is 14.2 Å². The first kappa shape index (κ1) is 35.3. The number of nitrogens with one attached hydrogen (secondary N) is 2. The molecular weight excluding hydrogens is 679 g/mol. The minimum Gasteiger partial charge on any atom is -0.508 e. The van der Waals surface area contributed by atoms with Crippen LogP contribution in [0.1, 0.15) is 78.0 Å². The number of phenolic OH excluding ortho intramolecular Hbond substituents is 1. The lowest BCUT2D eigenvalue weighted by Crippen LogP contribution is -2.54. The Bertz CT molecular complexity index is 1240. The highest BCUT2D eigenvalue weighted by Crippen LogP contribution is 2.43. The third-order valence-corrected chi connectivity index (χ3v) is 9.86. The zero-order valence-corrected chi connectivity index (χ0v) is 29.0. The molecule has 2 aromatic carbocycles. The lowest BCUT2D eigenvalue weighted by Gasteiger charge is -2.35. The molecule has 0 atom stereocenters. The number of esters is 2. The van der Waals surface area contributed by atoms with Gasteiger partial charge >= 0.3 is 11.9 Å². The molecule has 0 spiro atoms. The summed E-state index contributed by atoms with van der Waals surface area (Å²) in [5.41, 5.74) is 0.167. The number of halogens is 2. The molecule has 0 amide bonds. The van der Waals surface area contributed by atoms with E-state index in [1.54, 1.807) is 59.7 Å². The first-order valence-electron chi connectivity index (χ1n) is 13.4. The van der Waals surface area contributed by atoms with Crippen molar-refractivity contribution in [2.45, 2.75) is 78.8 Å². The predicted octanol–water partition coefficient (Wildman–Crippen LogP) is 7.02. The average Bonchev–Trinajstić information content (AvgIpc) is 2.85. The topological polar surface area (TPSA) is 123 Å². The van der Waals surface area contributed by atoms with Crippen molar-refractivity contribution in [1.82, 2.24) is 10.2 Å². The van der Waals surface area contributed by atoms with Crippen molar-refractivity contribution in [3.63, 3.8) is 0 Å². The molecule has 12 heteroatoms. The highest BCUT2D eigenvalue weighted by atomic mass is 79.9. The second-order valence-corrected chi connectivity index (χ2v) is 14.9. The monoisotopic (exact) mass is 718 g/mol. The Hall–Kier alpha value is -1.91. The minimum atomic E-state index is -3.78. The van der Waals surface area contributed by atoms with Gasteiger partial charge in [0.1, 0.15) is 22.6 Å². The van der Waals surface area contributed by atoms with Crippen LogP contribution < -0.4 is 14.9 Å². The maximum Gasteiger partial charge on any atom is 0.326 e. The summed E-state index contributed by atoms with van der Waals surface area (Å²) in [6.45, 7) is 13.9. The van der Waals surface area contributed by atoms with E-state index < -0.39 is 30.5 Å². The van der Waals surface area contributed by atoms with E-state index in [9.17, 15) is 19.3 Å². The molecule has 228 valence electrons. The van der Waals surface area contributed by atoms with Crippen LogP contribution in [-0.4, -0.2) is 47.7 Å². The molecule has 0 aromatic heterocycles. The van der Waals surface area contributed by atoms with Gasteiger partial charge in [0.15, 0.2) is 6.35 Å². The number of benzene rings is 2. The number of aromatic hydroxyl groups is 1. The second kappa shape index (κ2) is 14.5. The highest BCUT2D eigenvalue weighted by Gasteiger charge is 2.43. The summed E-state index contributed by atoms with van der Waals surface area (Å²) in [5, 5.41) is 15.9. The molecule has 2 rings (SSSR count). The summed E-state index contributed by atoms with van der Waals surface area (Å²) in [7, 11) is -3.78. The van der Waals surface area contributed by atoms with Crippen molar-refractivity contribution in [2.75, 3.05) is 19.6 Å². The molecule has 0 radical (unpaired) electrons.